The predicted molar refractivity (Wildman–Crippen MR) is 133 cm³/mol. The lowest BCUT2D eigenvalue weighted by molar-refractivity contribution is 0.0663. The SMILES string of the molecule is Cc1c(Cl)cccc1N1CCN(C[C@H](O)COc2ccc(C(=O)c3ccccc3)cc2)CC1. The van der Waals surface area contributed by atoms with Gasteiger partial charge in [-0.25, -0.2) is 0 Å². The minimum Gasteiger partial charge on any atom is -0.491 e. The molecule has 3 aromatic rings. The van der Waals surface area contributed by atoms with Crippen molar-refractivity contribution in [1.82, 2.24) is 4.90 Å². The first-order valence-corrected chi connectivity index (χ1v) is 11.6. The van der Waals surface area contributed by atoms with Crippen LogP contribution in [-0.4, -0.2) is 61.2 Å². The number of nitrogens with zero attached hydrogens (tertiary/aromatic N) is 2. The fraction of sp³-hybridized carbons (Fsp3) is 0.296. The van der Waals surface area contributed by atoms with Crippen molar-refractivity contribution in [2.75, 3.05) is 44.2 Å². The molecule has 1 fully saturated rings. The van der Waals surface area contributed by atoms with E-state index in [1.165, 1.54) is 5.69 Å². The van der Waals surface area contributed by atoms with Gasteiger partial charge in [0.25, 0.3) is 0 Å². The number of benzene rings is 3. The molecule has 6 heteroatoms. The molecule has 4 rings (SSSR count). The summed E-state index contributed by atoms with van der Waals surface area (Å²) < 4.78 is 5.76. The zero-order chi connectivity index (χ0) is 23.2. The summed E-state index contributed by atoms with van der Waals surface area (Å²) in [7, 11) is 0. The summed E-state index contributed by atoms with van der Waals surface area (Å²) in [6.07, 6.45) is -0.588. The molecule has 0 saturated carbocycles. The van der Waals surface area contributed by atoms with Crippen LogP contribution >= 0.6 is 11.6 Å². The Morgan fingerprint density at radius 2 is 1.61 bits per heavy atom. The van der Waals surface area contributed by atoms with Crippen molar-refractivity contribution in [3.63, 3.8) is 0 Å². The fourth-order valence-corrected chi connectivity index (χ4v) is 4.28. The molecule has 5 nitrogen and oxygen atoms in total. The van der Waals surface area contributed by atoms with Crippen molar-refractivity contribution in [3.8, 4) is 5.75 Å². The van der Waals surface area contributed by atoms with Gasteiger partial charge in [-0.15, -0.1) is 0 Å². The molecule has 0 radical (unpaired) electrons. The Morgan fingerprint density at radius 3 is 2.30 bits per heavy atom. The van der Waals surface area contributed by atoms with Crippen molar-refractivity contribution in [2.24, 2.45) is 0 Å². The van der Waals surface area contributed by atoms with Crippen molar-refractivity contribution in [3.05, 3.63) is 94.5 Å². The molecule has 1 aliphatic heterocycles. The Balaban J connectivity index is 1.22. The summed E-state index contributed by atoms with van der Waals surface area (Å²) >= 11 is 6.27. The van der Waals surface area contributed by atoms with E-state index in [1.807, 2.05) is 30.3 Å². The largest absolute Gasteiger partial charge is 0.491 e. The van der Waals surface area contributed by atoms with Gasteiger partial charge in [0.2, 0.25) is 0 Å². The quantitative estimate of drug-likeness (QED) is 0.499. The number of ketones is 1. The molecule has 33 heavy (non-hydrogen) atoms. The average Bonchev–Trinajstić information content (AvgIpc) is 2.85. The number of hydrogen-bond acceptors (Lipinski definition) is 5. The molecule has 1 aliphatic rings. The predicted octanol–water partition coefficient (Wildman–Crippen LogP) is 4.44. The molecule has 1 saturated heterocycles. The molecule has 0 amide bonds. The van der Waals surface area contributed by atoms with Gasteiger partial charge in [0.1, 0.15) is 18.5 Å². The van der Waals surface area contributed by atoms with Gasteiger partial charge in [-0.2, -0.15) is 0 Å². The summed E-state index contributed by atoms with van der Waals surface area (Å²) in [5.74, 6) is 0.620. The molecule has 0 spiro atoms. The van der Waals surface area contributed by atoms with E-state index >= 15 is 0 Å². The van der Waals surface area contributed by atoms with Crippen LogP contribution in [0, 0.1) is 6.92 Å². The third kappa shape index (κ3) is 5.93. The molecule has 0 bridgehead atoms. The number of hydrogen-bond donors (Lipinski definition) is 1. The van der Waals surface area contributed by atoms with Crippen LogP contribution in [0.3, 0.4) is 0 Å². The number of β-amino-alcohol motifs (C(OH)–C–C–N with tert-alkyl or cyclic N) is 1. The number of aliphatic hydroxyl groups is 1. The molecule has 1 N–H and O–H groups in total. The lowest BCUT2D eigenvalue weighted by Gasteiger charge is -2.37. The Hall–Kier alpha value is -2.86. The van der Waals surface area contributed by atoms with Gasteiger partial charge in [0.05, 0.1) is 0 Å². The van der Waals surface area contributed by atoms with E-state index in [-0.39, 0.29) is 12.4 Å². The number of halogens is 1. The molecule has 3 aromatic carbocycles. The zero-order valence-electron chi connectivity index (χ0n) is 18.8. The first kappa shape index (κ1) is 23.3. The molecular weight excluding hydrogens is 436 g/mol. The summed E-state index contributed by atoms with van der Waals surface area (Å²) in [5.41, 5.74) is 3.56. The van der Waals surface area contributed by atoms with Gasteiger partial charge in [-0.1, -0.05) is 48.0 Å². The van der Waals surface area contributed by atoms with Crippen LogP contribution in [-0.2, 0) is 0 Å². The lowest BCUT2D eigenvalue weighted by atomic mass is 10.0. The van der Waals surface area contributed by atoms with E-state index in [1.54, 1.807) is 36.4 Å². The van der Waals surface area contributed by atoms with Gasteiger partial charge >= 0.3 is 0 Å². The molecule has 0 unspecified atom stereocenters. The molecular formula is C27H29ClN2O3. The van der Waals surface area contributed by atoms with E-state index < -0.39 is 6.10 Å². The van der Waals surface area contributed by atoms with Crippen LogP contribution in [0.15, 0.2) is 72.8 Å². The normalized spacial score (nSPS) is 15.3. The Morgan fingerprint density at radius 1 is 0.939 bits per heavy atom. The number of rotatable bonds is 8. The highest BCUT2D eigenvalue weighted by Gasteiger charge is 2.21. The highest BCUT2D eigenvalue weighted by atomic mass is 35.5. The second kappa shape index (κ2) is 10.8. The maximum atomic E-state index is 12.5. The molecule has 0 aliphatic carbocycles. The van der Waals surface area contributed by atoms with Crippen molar-refractivity contribution in [1.29, 1.82) is 0 Å². The zero-order valence-corrected chi connectivity index (χ0v) is 19.5. The lowest BCUT2D eigenvalue weighted by Crippen LogP contribution is -2.49. The number of aliphatic hydroxyl groups excluding tert-OH is 1. The fourth-order valence-electron chi connectivity index (χ4n) is 4.11. The molecule has 1 atom stereocenters. The Bertz CT molecular complexity index is 1060. The first-order chi connectivity index (χ1) is 16.0. The minimum absolute atomic E-state index is 0.0192. The number of carbonyl (C=O) groups excluding carboxylic acids is 1. The average molecular weight is 465 g/mol. The third-order valence-corrected chi connectivity index (χ3v) is 6.43. The van der Waals surface area contributed by atoms with Gasteiger partial charge < -0.3 is 14.7 Å². The highest BCUT2D eigenvalue weighted by Crippen LogP contribution is 2.27. The topological polar surface area (TPSA) is 53.0 Å². The van der Waals surface area contributed by atoms with Gasteiger partial charge in [0, 0.05) is 54.6 Å². The minimum atomic E-state index is -0.588. The van der Waals surface area contributed by atoms with E-state index in [0.717, 1.165) is 36.8 Å². The van der Waals surface area contributed by atoms with Crippen molar-refractivity contribution < 1.29 is 14.6 Å². The van der Waals surface area contributed by atoms with Crippen molar-refractivity contribution >= 4 is 23.1 Å². The van der Waals surface area contributed by atoms with Gasteiger partial charge in [0.15, 0.2) is 5.78 Å². The number of ether oxygens (including phenoxy) is 1. The number of carbonyl (C=O) groups is 1. The Kier molecular flexibility index (Phi) is 7.65. The smallest absolute Gasteiger partial charge is 0.193 e. The summed E-state index contributed by atoms with van der Waals surface area (Å²) in [6, 6.07) is 22.3. The van der Waals surface area contributed by atoms with Crippen LogP contribution in [0.2, 0.25) is 5.02 Å². The van der Waals surface area contributed by atoms with Crippen LogP contribution in [0.1, 0.15) is 21.5 Å². The first-order valence-electron chi connectivity index (χ1n) is 11.2. The van der Waals surface area contributed by atoms with E-state index in [0.29, 0.717) is 23.4 Å². The van der Waals surface area contributed by atoms with Crippen LogP contribution < -0.4 is 9.64 Å². The van der Waals surface area contributed by atoms with Crippen LogP contribution in [0.4, 0.5) is 5.69 Å². The molecule has 172 valence electrons. The van der Waals surface area contributed by atoms with E-state index in [4.69, 9.17) is 16.3 Å². The Labute approximate surface area is 200 Å². The maximum Gasteiger partial charge on any atom is 0.193 e. The second-order valence-electron chi connectivity index (χ2n) is 8.36. The van der Waals surface area contributed by atoms with Gasteiger partial charge in [-0.3, -0.25) is 9.69 Å². The molecule has 1 heterocycles. The van der Waals surface area contributed by atoms with Crippen LogP contribution in [0.25, 0.3) is 0 Å². The second-order valence-corrected chi connectivity index (χ2v) is 8.76. The summed E-state index contributed by atoms with van der Waals surface area (Å²) in [5, 5.41) is 11.3. The monoisotopic (exact) mass is 464 g/mol. The van der Waals surface area contributed by atoms with Crippen LogP contribution in [0.5, 0.6) is 5.75 Å². The number of anilines is 1. The summed E-state index contributed by atoms with van der Waals surface area (Å²) in [6.45, 7) is 6.36. The number of piperazine rings is 1. The van der Waals surface area contributed by atoms with E-state index in [9.17, 15) is 9.90 Å². The van der Waals surface area contributed by atoms with Gasteiger partial charge in [-0.05, 0) is 48.9 Å². The molecule has 0 aromatic heterocycles. The van der Waals surface area contributed by atoms with Crippen molar-refractivity contribution in [2.45, 2.75) is 13.0 Å². The standard InChI is InChI=1S/C27H29ClN2O3/c1-20-25(28)8-5-9-26(20)30-16-14-29(15-17-30)18-23(31)19-33-24-12-10-22(11-13-24)27(32)21-6-3-2-4-7-21/h2-13,23,31H,14-19H2,1H3/t23-/m0/s1. The highest BCUT2D eigenvalue weighted by molar-refractivity contribution is 6.31. The maximum absolute atomic E-state index is 12.5. The summed E-state index contributed by atoms with van der Waals surface area (Å²) in [4.78, 5) is 17.1. The van der Waals surface area contributed by atoms with E-state index in [2.05, 4.69) is 22.8 Å². The third-order valence-electron chi connectivity index (χ3n) is 6.02.